The first kappa shape index (κ1) is 15.8. The van der Waals surface area contributed by atoms with Crippen molar-refractivity contribution in [1.82, 2.24) is 14.5 Å². The number of anilines is 1. The number of rotatable bonds is 5. The predicted octanol–water partition coefficient (Wildman–Crippen LogP) is 2.49. The molecule has 0 fully saturated rings. The van der Waals surface area contributed by atoms with Crippen LogP contribution in [0.25, 0.3) is 11.2 Å². The van der Waals surface area contributed by atoms with E-state index in [4.69, 9.17) is 0 Å². The van der Waals surface area contributed by atoms with Crippen LogP contribution in [0, 0.1) is 11.3 Å². The lowest BCUT2D eigenvalue weighted by atomic mass is 10.1. The van der Waals surface area contributed by atoms with Gasteiger partial charge in [-0.1, -0.05) is 25.1 Å². The highest BCUT2D eigenvalue weighted by atomic mass is 16.1. The van der Waals surface area contributed by atoms with Crippen LogP contribution in [0.4, 0.5) is 5.69 Å². The van der Waals surface area contributed by atoms with Crippen LogP contribution in [0.2, 0.25) is 0 Å². The van der Waals surface area contributed by atoms with Gasteiger partial charge in [0.25, 0.3) is 0 Å². The Morgan fingerprint density at radius 1 is 1.33 bits per heavy atom. The van der Waals surface area contributed by atoms with E-state index in [9.17, 15) is 10.1 Å². The van der Waals surface area contributed by atoms with Crippen molar-refractivity contribution in [3.63, 3.8) is 0 Å². The highest BCUT2D eigenvalue weighted by Gasteiger charge is 2.15. The number of nitriles is 1. The minimum atomic E-state index is -0.220. The van der Waals surface area contributed by atoms with Gasteiger partial charge in [0.05, 0.1) is 23.9 Å². The molecule has 3 rings (SSSR count). The van der Waals surface area contributed by atoms with E-state index in [2.05, 4.69) is 27.9 Å². The second-order valence-electron chi connectivity index (χ2n) is 5.73. The summed E-state index contributed by atoms with van der Waals surface area (Å²) in [6.45, 7) is 3.33. The number of hydrogen-bond donors (Lipinski definition) is 1. The minimum Gasteiger partial charge on any atom is -0.373 e. The largest absolute Gasteiger partial charge is 0.373 e. The topological polar surface area (TPSA) is 77.7 Å². The van der Waals surface area contributed by atoms with E-state index < -0.39 is 0 Å². The fourth-order valence-corrected chi connectivity index (χ4v) is 2.92. The van der Waals surface area contributed by atoms with Gasteiger partial charge in [-0.15, -0.1) is 0 Å². The summed E-state index contributed by atoms with van der Waals surface area (Å²) in [7, 11) is 2.00. The lowest BCUT2D eigenvalue weighted by Crippen LogP contribution is -2.21. The quantitative estimate of drug-likeness (QED) is 0.783. The highest BCUT2D eigenvalue weighted by Crippen LogP contribution is 2.24. The summed E-state index contributed by atoms with van der Waals surface area (Å²) in [5.74, 6) is 0. The number of hydrogen-bond acceptors (Lipinski definition) is 4. The third-order valence-corrected chi connectivity index (χ3v) is 4.08. The molecule has 0 atom stereocenters. The van der Waals surface area contributed by atoms with Crippen LogP contribution in [-0.2, 0) is 6.54 Å². The Labute approximate surface area is 140 Å². The predicted molar refractivity (Wildman–Crippen MR) is 94.2 cm³/mol. The molecule has 2 heterocycles. The molecule has 0 unspecified atom stereocenters. The summed E-state index contributed by atoms with van der Waals surface area (Å²) >= 11 is 0. The summed E-state index contributed by atoms with van der Waals surface area (Å²) < 4.78 is 1.65. The lowest BCUT2D eigenvalue weighted by Gasteiger charge is -2.20. The zero-order chi connectivity index (χ0) is 17.1. The molecule has 3 aromatic rings. The van der Waals surface area contributed by atoms with Crippen LogP contribution in [0.15, 0.2) is 41.3 Å². The van der Waals surface area contributed by atoms with E-state index in [1.165, 1.54) is 0 Å². The number of aromatic amines is 1. The summed E-state index contributed by atoms with van der Waals surface area (Å²) in [5, 5.41) is 9.28. The van der Waals surface area contributed by atoms with Crippen molar-refractivity contribution < 1.29 is 0 Å². The van der Waals surface area contributed by atoms with Crippen LogP contribution in [0.3, 0.4) is 0 Å². The minimum absolute atomic E-state index is 0.220. The fraction of sp³-hybridized carbons (Fsp3) is 0.278. The molecule has 0 aliphatic heterocycles. The zero-order valence-corrected chi connectivity index (χ0v) is 13.8. The van der Waals surface area contributed by atoms with Crippen LogP contribution >= 0.6 is 0 Å². The molecule has 1 N–H and O–H groups in total. The number of aromatic nitrogens is 3. The van der Waals surface area contributed by atoms with E-state index in [1.54, 1.807) is 16.8 Å². The average Bonchev–Trinajstić information content (AvgIpc) is 2.91. The lowest BCUT2D eigenvalue weighted by molar-refractivity contribution is 0.780. The molecular weight excluding hydrogens is 302 g/mol. The molecule has 0 radical (unpaired) electrons. The maximum absolute atomic E-state index is 12.4. The van der Waals surface area contributed by atoms with Crippen LogP contribution in [-0.4, -0.2) is 28.1 Å². The fourth-order valence-electron chi connectivity index (χ4n) is 2.92. The molecule has 0 spiro atoms. The van der Waals surface area contributed by atoms with Gasteiger partial charge < -0.3 is 4.90 Å². The number of imidazole rings is 1. The second-order valence-corrected chi connectivity index (χ2v) is 5.73. The average molecular weight is 321 g/mol. The van der Waals surface area contributed by atoms with Crippen molar-refractivity contribution in [2.45, 2.75) is 19.9 Å². The molecule has 0 aliphatic carbocycles. The molecule has 6 nitrogen and oxygen atoms in total. The number of nitrogens with one attached hydrogen (secondary N) is 1. The molecule has 24 heavy (non-hydrogen) atoms. The summed E-state index contributed by atoms with van der Waals surface area (Å²) in [6, 6.07) is 11.4. The first-order chi connectivity index (χ1) is 11.7. The van der Waals surface area contributed by atoms with Crippen molar-refractivity contribution in [2.24, 2.45) is 0 Å². The molecule has 0 aliphatic rings. The number of nitrogens with zero attached hydrogens (tertiary/aromatic N) is 4. The zero-order valence-electron chi connectivity index (χ0n) is 13.8. The summed E-state index contributed by atoms with van der Waals surface area (Å²) in [5.41, 5.74) is 3.46. The Kier molecular flexibility index (Phi) is 4.34. The van der Waals surface area contributed by atoms with Gasteiger partial charge in [-0.25, -0.2) is 9.78 Å². The van der Waals surface area contributed by atoms with Gasteiger partial charge in [-0.2, -0.15) is 5.26 Å². The van der Waals surface area contributed by atoms with Crippen LogP contribution < -0.4 is 10.6 Å². The standard InChI is InChI=1S/C18H19N5O/c1-3-10-22(2)15-8-9-20-17-16(15)23(18(24)21-17)12-14-7-5-4-6-13(14)11-19/h4-9H,3,10,12H2,1-2H3,(H,20,21,24). The van der Waals surface area contributed by atoms with Gasteiger partial charge in [0.2, 0.25) is 0 Å². The summed E-state index contributed by atoms with van der Waals surface area (Å²) in [4.78, 5) is 21.6. The normalized spacial score (nSPS) is 10.7. The van der Waals surface area contributed by atoms with Gasteiger partial charge in [0.1, 0.15) is 5.52 Å². The van der Waals surface area contributed by atoms with E-state index >= 15 is 0 Å². The maximum atomic E-state index is 12.4. The molecule has 1 aromatic carbocycles. The summed E-state index contributed by atoms with van der Waals surface area (Å²) in [6.07, 6.45) is 2.71. The van der Waals surface area contributed by atoms with Crippen molar-refractivity contribution in [1.29, 1.82) is 5.26 Å². The van der Waals surface area contributed by atoms with Crippen molar-refractivity contribution >= 4 is 16.9 Å². The Bertz CT molecular complexity index is 963. The van der Waals surface area contributed by atoms with E-state index in [0.29, 0.717) is 17.8 Å². The highest BCUT2D eigenvalue weighted by molar-refractivity contribution is 5.86. The van der Waals surface area contributed by atoms with Gasteiger partial charge in [0.15, 0.2) is 5.65 Å². The van der Waals surface area contributed by atoms with Gasteiger partial charge in [-0.3, -0.25) is 9.55 Å². The first-order valence-corrected chi connectivity index (χ1v) is 7.92. The van der Waals surface area contributed by atoms with Gasteiger partial charge >= 0.3 is 5.69 Å². The SMILES string of the molecule is CCCN(C)c1ccnc2[nH]c(=O)n(Cc3ccccc3C#N)c12. The van der Waals surface area contributed by atoms with Crippen molar-refractivity contribution in [2.75, 3.05) is 18.5 Å². The Hall–Kier alpha value is -3.07. The Balaban J connectivity index is 2.16. The maximum Gasteiger partial charge on any atom is 0.328 e. The molecule has 0 bridgehead atoms. The number of fused-ring (bicyclic) bond motifs is 1. The number of H-pyrrole nitrogens is 1. The molecule has 2 aromatic heterocycles. The smallest absolute Gasteiger partial charge is 0.328 e. The van der Waals surface area contributed by atoms with E-state index in [-0.39, 0.29) is 5.69 Å². The molecule has 0 saturated heterocycles. The van der Waals surface area contributed by atoms with Gasteiger partial charge in [-0.05, 0) is 24.1 Å². The third-order valence-electron chi connectivity index (χ3n) is 4.08. The Morgan fingerprint density at radius 3 is 2.88 bits per heavy atom. The van der Waals surface area contributed by atoms with Crippen LogP contribution in [0.1, 0.15) is 24.5 Å². The van der Waals surface area contributed by atoms with Crippen molar-refractivity contribution in [3.8, 4) is 6.07 Å². The van der Waals surface area contributed by atoms with Crippen LogP contribution in [0.5, 0.6) is 0 Å². The molecule has 0 saturated carbocycles. The van der Waals surface area contributed by atoms with E-state index in [0.717, 1.165) is 29.7 Å². The second kappa shape index (κ2) is 6.59. The molecule has 0 amide bonds. The number of pyridine rings is 1. The Morgan fingerprint density at radius 2 is 2.12 bits per heavy atom. The number of benzene rings is 1. The van der Waals surface area contributed by atoms with Gasteiger partial charge in [0, 0.05) is 19.8 Å². The molecule has 6 heteroatoms. The first-order valence-electron chi connectivity index (χ1n) is 7.92. The molecule has 122 valence electrons. The third kappa shape index (κ3) is 2.76. The monoisotopic (exact) mass is 321 g/mol. The molecular formula is C18H19N5O. The van der Waals surface area contributed by atoms with Crippen molar-refractivity contribution in [3.05, 3.63) is 58.1 Å². The van der Waals surface area contributed by atoms with E-state index in [1.807, 2.05) is 31.3 Å².